The average molecular weight is 264 g/mol. The zero-order valence-electron chi connectivity index (χ0n) is 7.21. The van der Waals surface area contributed by atoms with E-state index in [4.69, 9.17) is 5.11 Å². The van der Waals surface area contributed by atoms with Crippen LogP contribution < -0.4 is 0 Å². The number of aromatic nitrogens is 1. The number of hydrogen-bond donors (Lipinski definition) is 1. The molecule has 0 amide bonds. The fourth-order valence-electron chi connectivity index (χ4n) is 0.910. The predicted molar refractivity (Wildman–Crippen MR) is 55.1 cm³/mol. The highest BCUT2D eigenvalue weighted by molar-refractivity contribution is 9.11. The number of halogens is 1. The Morgan fingerprint density at radius 3 is 2.85 bits per heavy atom. The normalized spacial score (nSPS) is 10.3. The van der Waals surface area contributed by atoms with Crippen LogP contribution in [0, 0.1) is 0 Å². The van der Waals surface area contributed by atoms with Gasteiger partial charge in [0.05, 0.1) is 20.9 Å². The number of nitrogens with zero attached hydrogens (tertiary/aromatic N) is 1. The lowest BCUT2D eigenvalue weighted by atomic mass is 10.2. The van der Waals surface area contributed by atoms with Crippen LogP contribution in [-0.2, 0) is 17.6 Å². The number of carboxylic acid groups (broad SMARTS) is 1. The summed E-state index contributed by atoms with van der Waals surface area (Å²) in [5.74, 6) is -0.780. The topological polar surface area (TPSA) is 50.2 Å². The van der Waals surface area contributed by atoms with Gasteiger partial charge in [-0.3, -0.25) is 4.79 Å². The Bertz CT molecular complexity index is 311. The fourth-order valence-corrected chi connectivity index (χ4v) is 2.53. The van der Waals surface area contributed by atoms with Gasteiger partial charge in [-0.25, -0.2) is 4.98 Å². The molecule has 0 saturated heterocycles. The van der Waals surface area contributed by atoms with Crippen LogP contribution in [0.25, 0.3) is 0 Å². The molecule has 1 N–H and O–H groups in total. The quantitative estimate of drug-likeness (QED) is 0.908. The number of rotatable bonds is 4. The molecule has 1 aromatic rings. The minimum absolute atomic E-state index is 0.144. The Hall–Kier alpha value is -0.420. The minimum atomic E-state index is -0.780. The van der Waals surface area contributed by atoms with Crippen LogP contribution in [-0.4, -0.2) is 16.1 Å². The summed E-state index contributed by atoms with van der Waals surface area (Å²) in [7, 11) is 0. The van der Waals surface area contributed by atoms with E-state index in [0.717, 1.165) is 20.9 Å². The highest BCUT2D eigenvalue weighted by atomic mass is 79.9. The molecule has 0 fully saturated rings. The van der Waals surface area contributed by atoms with E-state index in [0.29, 0.717) is 6.42 Å². The van der Waals surface area contributed by atoms with E-state index in [-0.39, 0.29) is 6.42 Å². The second-order valence-electron chi connectivity index (χ2n) is 2.58. The predicted octanol–water partition coefficient (Wildman–Crippen LogP) is 2.49. The molecule has 0 unspecified atom stereocenters. The molecular weight excluding hydrogens is 254 g/mol. The first kappa shape index (κ1) is 10.7. The summed E-state index contributed by atoms with van der Waals surface area (Å²) in [6, 6.07) is 0. The molecule has 0 saturated carbocycles. The SMILES string of the molecule is CCc1nc(CCC(=O)O)c(Br)s1. The molecule has 1 rings (SSSR count). The standard InChI is InChI=1S/C8H10BrNO2S/c1-2-6-10-5(8(9)13-6)3-4-7(11)12/h2-4H2,1H3,(H,11,12). The van der Waals surface area contributed by atoms with Gasteiger partial charge in [0, 0.05) is 6.42 Å². The van der Waals surface area contributed by atoms with Gasteiger partial charge < -0.3 is 5.11 Å². The Balaban J connectivity index is 2.65. The van der Waals surface area contributed by atoms with Crippen molar-refractivity contribution in [3.8, 4) is 0 Å². The zero-order chi connectivity index (χ0) is 9.84. The van der Waals surface area contributed by atoms with Crippen LogP contribution in [0.2, 0.25) is 0 Å². The van der Waals surface area contributed by atoms with Crippen molar-refractivity contribution in [2.75, 3.05) is 0 Å². The summed E-state index contributed by atoms with van der Waals surface area (Å²) in [6.45, 7) is 2.03. The van der Waals surface area contributed by atoms with Crippen LogP contribution in [0.5, 0.6) is 0 Å². The summed E-state index contributed by atoms with van der Waals surface area (Å²) in [5.41, 5.74) is 0.865. The minimum Gasteiger partial charge on any atom is -0.481 e. The van der Waals surface area contributed by atoms with E-state index >= 15 is 0 Å². The number of hydrogen-bond acceptors (Lipinski definition) is 3. The molecule has 0 atom stereocenters. The van der Waals surface area contributed by atoms with Gasteiger partial charge in [0.15, 0.2) is 0 Å². The van der Waals surface area contributed by atoms with Gasteiger partial charge in [-0.15, -0.1) is 11.3 Å². The highest BCUT2D eigenvalue weighted by Gasteiger charge is 2.08. The van der Waals surface area contributed by atoms with Gasteiger partial charge in [-0.1, -0.05) is 6.92 Å². The number of aliphatic carboxylic acids is 1. The van der Waals surface area contributed by atoms with Crippen molar-refractivity contribution in [3.05, 3.63) is 14.5 Å². The summed E-state index contributed by atoms with van der Waals surface area (Å²) in [4.78, 5) is 14.6. The molecule has 3 nitrogen and oxygen atoms in total. The molecule has 0 spiro atoms. The van der Waals surface area contributed by atoms with E-state index in [1.165, 1.54) is 0 Å². The lowest BCUT2D eigenvalue weighted by Gasteiger charge is -1.92. The van der Waals surface area contributed by atoms with Crippen LogP contribution >= 0.6 is 27.3 Å². The second kappa shape index (κ2) is 4.72. The molecule has 0 radical (unpaired) electrons. The molecule has 0 bridgehead atoms. The van der Waals surface area contributed by atoms with E-state index < -0.39 is 5.97 Å². The molecule has 1 aromatic heterocycles. The number of carboxylic acids is 1. The van der Waals surface area contributed by atoms with Crippen molar-refractivity contribution >= 4 is 33.2 Å². The number of aryl methyl sites for hydroxylation is 2. The maximum atomic E-state index is 10.3. The van der Waals surface area contributed by atoms with Crippen LogP contribution in [0.15, 0.2) is 3.79 Å². The lowest BCUT2D eigenvalue weighted by Crippen LogP contribution is -1.98. The highest BCUT2D eigenvalue weighted by Crippen LogP contribution is 2.26. The van der Waals surface area contributed by atoms with Gasteiger partial charge in [0.2, 0.25) is 0 Å². The Kier molecular flexibility index (Phi) is 3.87. The van der Waals surface area contributed by atoms with Gasteiger partial charge in [-0.05, 0) is 22.4 Å². The van der Waals surface area contributed by atoms with Crippen molar-refractivity contribution < 1.29 is 9.90 Å². The van der Waals surface area contributed by atoms with Gasteiger partial charge in [0.25, 0.3) is 0 Å². The third-order valence-electron chi connectivity index (χ3n) is 1.57. The number of carbonyl (C=O) groups is 1. The molecular formula is C8H10BrNO2S. The van der Waals surface area contributed by atoms with Gasteiger partial charge in [-0.2, -0.15) is 0 Å². The first-order valence-electron chi connectivity index (χ1n) is 3.99. The Labute approximate surface area is 88.9 Å². The van der Waals surface area contributed by atoms with Crippen molar-refractivity contribution in [3.63, 3.8) is 0 Å². The summed E-state index contributed by atoms with van der Waals surface area (Å²) < 4.78 is 0.964. The molecule has 72 valence electrons. The van der Waals surface area contributed by atoms with Crippen LogP contribution in [0.3, 0.4) is 0 Å². The first-order chi connectivity index (χ1) is 6.13. The lowest BCUT2D eigenvalue weighted by molar-refractivity contribution is -0.136. The summed E-state index contributed by atoms with van der Waals surface area (Å²) >= 11 is 4.95. The third kappa shape index (κ3) is 3.08. The largest absolute Gasteiger partial charge is 0.481 e. The molecule has 13 heavy (non-hydrogen) atoms. The summed E-state index contributed by atoms with van der Waals surface area (Å²) in [5, 5.41) is 9.54. The van der Waals surface area contributed by atoms with Crippen LogP contribution in [0.1, 0.15) is 24.0 Å². The average Bonchev–Trinajstić information content (AvgIpc) is 2.43. The monoisotopic (exact) mass is 263 g/mol. The Morgan fingerprint density at radius 2 is 2.38 bits per heavy atom. The van der Waals surface area contributed by atoms with Crippen molar-refractivity contribution in [2.24, 2.45) is 0 Å². The molecule has 0 aliphatic heterocycles. The van der Waals surface area contributed by atoms with Crippen molar-refractivity contribution in [2.45, 2.75) is 26.2 Å². The molecule has 5 heteroatoms. The van der Waals surface area contributed by atoms with Gasteiger partial charge >= 0.3 is 5.97 Å². The first-order valence-corrected chi connectivity index (χ1v) is 5.60. The van der Waals surface area contributed by atoms with Crippen molar-refractivity contribution in [1.29, 1.82) is 0 Å². The summed E-state index contributed by atoms with van der Waals surface area (Å²) in [6.07, 6.45) is 1.55. The van der Waals surface area contributed by atoms with Crippen LogP contribution in [0.4, 0.5) is 0 Å². The maximum Gasteiger partial charge on any atom is 0.303 e. The molecule has 0 aliphatic rings. The van der Waals surface area contributed by atoms with E-state index in [1.807, 2.05) is 6.92 Å². The zero-order valence-corrected chi connectivity index (χ0v) is 9.61. The maximum absolute atomic E-state index is 10.3. The fraction of sp³-hybridized carbons (Fsp3) is 0.500. The van der Waals surface area contributed by atoms with E-state index in [2.05, 4.69) is 20.9 Å². The third-order valence-corrected chi connectivity index (χ3v) is 3.55. The smallest absolute Gasteiger partial charge is 0.303 e. The van der Waals surface area contributed by atoms with E-state index in [1.54, 1.807) is 11.3 Å². The van der Waals surface area contributed by atoms with Gasteiger partial charge in [0.1, 0.15) is 0 Å². The number of thiazole rings is 1. The second-order valence-corrected chi connectivity index (χ2v) is 4.98. The van der Waals surface area contributed by atoms with Crippen molar-refractivity contribution in [1.82, 2.24) is 4.98 Å². The molecule has 0 aliphatic carbocycles. The van der Waals surface area contributed by atoms with E-state index in [9.17, 15) is 4.79 Å². The molecule has 1 heterocycles. The Morgan fingerprint density at radius 1 is 1.69 bits per heavy atom. The molecule has 0 aromatic carbocycles.